The Bertz CT molecular complexity index is 943. The summed E-state index contributed by atoms with van der Waals surface area (Å²) in [5.41, 5.74) is 6.42. The van der Waals surface area contributed by atoms with Crippen LogP contribution < -0.4 is 0 Å². The van der Waals surface area contributed by atoms with Crippen molar-refractivity contribution in [1.29, 1.82) is 0 Å². The summed E-state index contributed by atoms with van der Waals surface area (Å²) in [6.07, 6.45) is 0. The largest absolute Gasteiger partial charge is 0.344 e. The van der Waals surface area contributed by atoms with Crippen LogP contribution in [0.15, 0.2) is 66.7 Å². The fourth-order valence-electron chi connectivity index (χ4n) is 3.09. The molecular weight excluding hydrogens is 302 g/mol. The molecule has 1 heteroatoms. The monoisotopic (exact) mass is 331 g/mol. The molecule has 0 fully saturated rings. The van der Waals surface area contributed by atoms with Crippen LogP contribution in [-0.4, -0.2) is 4.57 Å². The highest BCUT2D eigenvalue weighted by Gasteiger charge is 2.08. The predicted molar refractivity (Wildman–Crippen MR) is 113 cm³/mol. The van der Waals surface area contributed by atoms with E-state index in [9.17, 15) is 0 Å². The van der Waals surface area contributed by atoms with Gasteiger partial charge in [0, 0.05) is 28.9 Å². The molecule has 0 saturated heterocycles. The molecule has 1 nitrogen and oxygen atoms in total. The lowest BCUT2D eigenvalue weighted by Gasteiger charge is -2.04. The third-order valence-electron chi connectivity index (χ3n) is 4.30. The zero-order valence-corrected chi connectivity index (χ0v) is 16.3. The van der Waals surface area contributed by atoms with Gasteiger partial charge in [0.25, 0.3) is 0 Å². The third-order valence-corrected chi connectivity index (χ3v) is 4.30. The lowest BCUT2D eigenvalue weighted by molar-refractivity contribution is 1.01. The summed E-state index contributed by atoms with van der Waals surface area (Å²) in [7, 11) is 2.14. The average Bonchev–Trinajstić information content (AvgIpc) is 2.98. The highest BCUT2D eigenvalue weighted by molar-refractivity contribution is 6.09. The molecule has 1 heterocycles. The smallest absolute Gasteiger partial charge is 0.0489 e. The average molecular weight is 332 g/mol. The molecular formula is C24H29N. The predicted octanol–water partition coefficient (Wildman–Crippen LogP) is 7.36. The first-order chi connectivity index (χ1) is 12.2. The molecule has 0 bridgehead atoms. The molecule has 25 heavy (non-hydrogen) atoms. The number of para-hydroxylation sites is 1. The SMILES string of the molecule is CC.CC.Cc1ccc(-c2ccc3c(c2)c2ccccc2n3C)cc1. The minimum Gasteiger partial charge on any atom is -0.344 e. The van der Waals surface area contributed by atoms with Crippen molar-refractivity contribution in [1.82, 2.24) is 4.57 Å². The topological polar surface area (TPSA) is 4.93 Å². The van der Waals surface area contributed by atoms with Crippen molar-refractivity contribution in [2.24, 2.45) is 7.05 Å². The van der Waals surface area contributed by atoms with Gasteiger partial charge in [-0.3, -0.25) is 0 Å². The van der Waals surface area contributed by atoms with Crippen molar-refractivity contribution in [3.05, 3.63) is 72.3 Å². The van der Waals surface area contributed by atoms with E-state index in [1.54, 1.807) is 0 Å². The minimum absolute atomic E-state index is 1.27. The molecule has 0 saturated carbocycles. The first kappa shape index (κ1) is 18.8. The molecule has 0 N–H and O–H groups in total. The number of aryl methyl sites for hydroxylation is 2. The molecule has 130 valence electrons. The number of fused-ring (bicyclic) bond motifs is 3. The molecule has 0 radical (unpaired) electrons. The van der Waals surface area contributed by atoms with Crippen LogP contribution in [0.1, 0.15) is 33.3 Å². The molecule has 4 rings (SSSR count). The van der Waals surface area contributed by atoms with Crippen LogP contribution in [0.2, 0.25) is 0 Å². The zero-order valence-electron chi connectivity index (χ0n) is 16.3. The fourth-order valence-corrected chi connectivity index (χ4v) is 3.09. The van der Waals surface area contributed by atoms with Crippen LogP contribution in [-0.2, 0) is 7.05 Å². The highest BCUT2D eigenvalue weighted by atomic mass is 14.9. The zero-order chi connectivity index (χ0) is 18.4. The second kappa shape index (κ2) is 8.53. The fraction of sp³-hybridized carbons (Fsp3) is 0.250. The van der Waals surface area contributed by atoms with E-state index in [-0.39, 0.29) is 0 Å². The Morgan fingerprint density at radius 2 is 1.16 bits per heavy atom. The summed E-state index contributed by atoms with van der Waals surface area (Å²) in [6.45, 7) is 10.1. The number of benzene rings is 3. The van der Waals surface area contributed by atoms with Gasteiger partial charge in [0.05, 0.1) is 0 Å². The molecule has 3 aromatic carbocycles. The summed E-state index contributed by atoms with van der Waals surface area (Å²) in [5, 5.41) is 2.65. The molecule has 0 unspecified atom stereocenters. The van der Waals surface area contributed by atoms with Crippen molar-refractivity contribution in [2.75, 3.05) is 0 Å². The van der Waals surface area contributed by atoms with Gasteiger partial charge in [0.2, 0.25) is 0 Å². The Morgan fingerprint density at radius 1 is 0.600 bits per heavy atom. The number of nitrogens with zero attached hydrogens (tertiary/aromatic N) is 1. The van der Waals surface area contributed by atoms with Gasteiger partial charge in [-0.05, 0) is 36.2 Å². The molecule has 0 atom stereocenters. The van der Waals surface area contributed by atoms with E-state index < -0.39 is 0 Å². The van der Waals surface area contributed by atoms with Gasteiger partial charge in [-0.2, -0.15) is 0 Å². The number of rotatable bonds is 1. The van der Waals surface area contributed by atoms with Gasteiger partial charge in [0.15, 0.2) is 0 Å². The van der Waals surface area contributed by atoms with Crippen LogP contribution in [0.5, 0.6) is 0 Å². The molecule has 0 aliphatic rings. The number of aromatic nitrogens is 1. The lowest BCUT2D eigenvalue weighted by Crippen LogP contribution is -1.86. The maximum atomic E-state index is 2.31. The molecule has 0 spiro atoms. The molecule has 0 aliphatic carbocycles. The van der Waals surface area contributed by atoms with E-state index in [1.807, 2.05) is 27.7 Å². The van der Waals surface area contributed by atoms with E-state index in [0.29, 0.717) is 0 Å². The van der Waals surface area contributed by atoms with Crippen molar-refractivity contribution in [3.8, 4) is 11.1 Å². The number of hydrogen-bond donors (Lipinski definition) is 0. The summed E-state index contributed by atoms with van der Waals surface area (Å²) in [6, 6.07) is 24.1. The van der Waals surface area contributed by atoms with Crippen LogP contribution in [0.25, 0.3) is 32.9 Å². The van der Waals surface area contributed by atoms with Gasteiger partial charge in [-0.1, -0.05) is 81.8 Å². The van der Waals surface area contributed by atoms with Gasteiger partial charge in [-0.15, -0.1) is 0 Å². The van der Waals surface area contributed by atoms with Gasteiger partial charge in [0.1, 0.15) is 0 Å². The highest BCUT2D eigenvalue weighted by Crippen LogP contribution is 2.31. The third kappa shape index (κ3) is 3.61. The molecule has 1 aromatic heterocycles. The Morgan fingerprint density at radius 3 is 1.84 bits per heavy atom. The van der Waals surface area contributed by atoms with Crippen molar-refractivity contribution >= 4 is 21.8 Å². The summed E-state index contributed by atoms with van der Waals surface area (Å²) < 4.78 is 2.27. The van der Waals surface area contributed by atoms with Crippen LogP contribution in [0, 0.1) is 6.92 Å². The summed E-state index contributed by atoms with van der Waals surface area (Å²) in [5.74, 6) is 0. The maximum Gasteiger partial charge on any atom is 0.0489 e. The Kier molecular flexibility index (Phi) is 6.41. The Labute approximate surface area is 151 Å². The lowest BCUT2D eigenvalue weighted by atomic mass is 10.0. The van der Waals surface area contributed by atoms with Crippen molar-refractivity contribution in [3.63, 3.8) is 0 Å². The minimum atomic E-state index is 1.27. The Balaban J connectivity index is 0.000000528. The van der Waals surface area contributed by atoms with Gasteiger partial charge in [-0.25, -0.2) is 0 Å². The van der Waals surface area contributed by atoms with Crippen molar-refractivity contribution in [2.45, 2.75) is 34.6 Å². The molecule has 0 aliphatic heterocycles. The van der Waals surface area contributed by atoms with E-state index >= 15 is 0 Å². The summed E-state index contributed by atoms with van der Waals surface area (Å²) >= 11 is 0. The number of hydrogen-bond acceptors (Lipinski definition) is 0. The maximum absolute atomic E-state index is 2.31. The second-order valence-electron chi connectivity index (χ2n) is 5.67. The van der Waals surface area contributed by atoms with E-state index in [2.05, 4.69) is 85.3 Å². The van der Waals surface area contributed by atoms with E-state index in [4.69, 9.17) is 0 Å². The summed E-state index contributed by atoms with van der Waals surface area (Å²) in [4.78, 5) is 0. The van der Waals surface area contributed by atoms with Gasteiger partial charge >= 0.3 is 0 Å². The quantitative estimate of drug-likeness (QED) is 0.343. The van der Waals surface area contributed by atoms with E-state index in [0.717, 1.165) is 0 Å². The second-order valence-corrected chi connectivity index (χ2v) is 5.67. The van der Waals surface area contributed by atoms with Crippen LogP contribution in [0.4, 0.5) is 0 Å². The van der Waals surface area contributed by atoms with Crippen LogP contribution >= 0.6 is 0 Å². The van der Waals surface area contributed by atoms with E-state index in [1.165, 1.54) is 38.5 Å². The first-order valence-electron chi connectivity index (χ1n) is 9.28. The normalized spacial score (nSPS) is 10.0. The Hall–Kier alpha value is -2.54. The van der Waals surface area contributed by atoms with Crippen LogP contribution in [0.3, 0.4) is 0 Å². The molecule has 4 aromatic rings. The first-order valence-corrected chi connectivity index (χ1v) is 9.28. The van der Waals surface area contributed by atoms with Gasteiger partial charge < -0.3 is 4.57 Å². The molecule has 0 amide bonds. The van der Waals surface area contributed by atoms with Crippen molar-refractivity contribution < 1.29 is 0 Å². The standard InChI is InChI=1S/C20H17N.2C2H6/c1-14-7-9-15(10-8-14)16-11-12-20-18(13-16)17-5-3-4-6-19(17)21(20)2;2*1-2/h3-13H,1-2H3;2*1-2H3.